The Morgan fingerprint density at radius 1 is 0.958 bits per heavy atom. The molecule has 0 spiro atoms. The van der Waals surface area contributed by atoms with Gasteiger partial charge in [0.25, 0.3) is 0 Å². The summed E-state index contributed by atoms with van der Waals surface area (Å²) in [5, 5.41) is 0. The van der Waals surface area contributed by atoms with Crippen molar-refractivity contribution in [3.63, 3.8) is 0 Å². The number of rotatable bonds is 2. The van der Waals surface area contributed by atoms with Crippen LogP contribution in [0.1, 0.15) is 0 Å². The molecule has 5 nitrogen and oxygen atoms in total. The molecule has 1 aliphatic rings. The number of para-hydroxylation sites is 1. The van der Waals surface area contributed by atoms with Crippen LogP contribution >= 0.6 is 15.9 Å². The molecule has 0 aliphatic carbocycles. The summed E-state index contributed by atoms with van der Waals surface area (Å²) in [6.07, 6.45) is 3.70. The number of anilines is 1. The minimum atomic E-state index is 0.840. The number of halogens is 1. The van der Waals surface area contributed by atoms with E-state index in [0.29, 0.717) is 0 Å². The number of likely N-dealkylation sites (N-methyl/N-ethyl adjacent to an activating group) is 1. The molecule has 1 fully saturated rings. The lowest BCUT2D eigenvalue weighted by Gasteiger charge is -2.33. The average Bonchev–Trinajstić information content (AvgIpc) is 2.63. The number of benzene rings is 1. The third-order valence-electron chi connectivity index (χ3n) is 4.39. The van der Waals surface area contributed by atoms with E-state index >= 15 is 0 Å². The monoisotopic (exact) mass is 383 g/mol. The highest BCUT2D eigenvalue weighted by molar-refractivity contribution is 9.10. The summed E-state index contributed by atoms with van der Waals surface area (Å²) in [5.41, 5.74) is 3.58. The summed E-state index contributed by atoms with van der Waals surface area (Å²) in [5.74, 6) is 1.03. The van der Waals surface area contributed by atoms with Crippen molar-refractivity contribution < 1.29 is 0 Å². The lowest BCUT2D eigenvalue weighted by Crippen LogP contribution is -2.44. The maximum Gasteiger partial charge on any atom is 0.128 e. The van der Waals surface area contributed by atoms with Crippen LogP contribution in [0.5, 0.6) is 0 Å². The first-order valence-electron chi connectivity index (χ1n) is 8.02. The van der Waals surface area contributed by atoms with Gasteiger partial charge >= 0.3 is 0 Å². The van der Waals surface area contributed by atoms with Gasteiger partial charge in [0, 0.05) is 42.4 Å². The van der Waals surface area contributed by atoms with E-state index in [-0.39, 0.29) is 0 Å². The second-order valence-electron chi connectivity index (χ2n) is 6.06. The molecule has 1 aliphatic heterocycles. The van der Waals surface area contributed by atoms with E-state index in [2.05, 4.69) is 54.9 Å². The van der Waals surface area contributed by atoms with Crippen LogP contribution in [0.3, 0.4) is 0 Å². The van der Waals surface area contributed by atoms with E-state index < -0.39 is 0 Å². The van der Waals surface area contributed by atoms with Crippen molar-refractivity contribution in [2.24, 2.45) is 0 Å². The summed E-state index contributed by atoms with van der Waals surface area (Å²) < 4.78 is 0.955. The number of fused-ring (bicyclic) bond motifs is 1. The lowest BCUT2D eigenvalue weighted by atomic mass is 10.2. The first kappa shape index (κ1) is 15.5. The van der Waals surface area contributed by atoms with Crippen molar-refractivity contribution >= 4 is 32.8 Å². The molecule has 0 saturated carbocycles. The van der Waals surface area contributed by atoms with Crippen LogP contribution in [-0.2, 0) is 0 Å². The highest BCUT2D eigenvalue weighted by Gasteiger charge is 2.15. The van der Waals surface area contributed by atoms with Crippen molar-refractivity contribution in [3.05, 3.63) is 47.2 Å². The van der Waals surface area contributed by atoms with Crippen molar-refractivity contribution in [1.29, 1.82) is 0 Å². The molecule has 4 rings (SSSR count). The van der Waals surface area contributed by atoms with Gasteiger partial charge in [0.05, 0.1) is 17.4 Å². The molecule has 0 unspecified atom stereocenters. The second kappa shape index (κ2) is 6.45. The van der Waals surface area contributed by atoms with Gasteiger partial charge in [-0.3, -0.25) is 4.98 Å². The SMILES string of the molecule is CN1CCN(c2ccc(-c3cnc4cccc(Br)c4n3)cn2)CC1. The number of hydrogen-bond acceptors (Lipinski definition) is 5. The van der Waals surface area contributed by atoms with Crippen molar-refractivity contribution in [2.75, 3.05) is 38.1 Å². The van der Waals surface area contributed by atoms with Gasteiger partial charge in [-0.1, -0.05) is 6.07 Å². The summed E-state index contributed by atoms with van der Waals surface area (Å²) in [6, 6.07) is 10.1. The Bertz CT molecular complexity index is 857. The Balaban J connectivity index is 1.62. The second-order valence-corrected chi connectivity index (χ2v) is 6.91. The molecule has 6 heteroatoms. The highest BCUT2D eigenvalue weighted by atomic mass is 79.9. The van der Waals surface area contributed by atoms with Gasteiger partial charge in [-0.15, -0.1) is 0 Å². The van der Waals surface area contributed by atoms with Crippen LogP contribution in [0, 0.1) is 0 Å². The maximum absolute atomic E-state index is 4.73. The van der Waals surface area contributed by atoms with Crippen LogP contribution in [-0.4, -0.2) is 53.1 Å². The fourth-order valence-corrected chi connectivity index (χ4v) is 3.34. The molecule has 3 heterocycles. The molecule has 0 radical (unpaired) electrons. The molecule has 1 aromatic carbocycles. The molecule has 24 heavy (non-hydrogen) atoms. The van der Waals surface area contributed by atoms with Crippen LogP contribution < -0.4 is 4.90 Å². The lowest BCUT2D eigenvalue weighted by molar-refractivity contribution is 0.312. The van der Waals surface area contributed by atoms with E-state index in [9.17, 15) is 0 Å². The first-order chi connectivity index (χ1) is 11.7. The molecule has 0 amide bonds. The van der Waals surface area contributed by atoms with E-state index in [4.69, 9.17) is 4.98 Å². The number of aromatic nitrogens is 3. The van der Waals surface area contributed by atoms with Gasteiger partial charge < -0.3 is 9.80 Å². The Labute approximate surface area is 149 Å². The van der Waals surface area contributed by atoms with Crippen LogP contribution in [0.2, 0.25) is 0 Å². The number of piperazine rings is 1. The van der Waals surface area contributed by atoms with Crippen molar-refractivity contribution in [1.82, 2.24) is 19.9 Å². The predicted octanol–water partition coefficient (Wildman–Crippen LogP) is 3.21. The van der Waals surface area contributed by atoms with E-state index in [1.54, 1.807) is 6.20 Å². The predicted molar refractivity (Wildman–Crippen MR) is 100 cm³/mol. The molecule has 2 aromatic heterocycles. The molecule has 0 bridgehead atoms. The first-order valence-corrected chi connectivity index (χ1v) is 8.81. The van der Waals surface area contributed by atoms with Gasteiger partial charge in [-0.25, -0.2) is 9.97 Å². The zero-order valence-corrected chi connectivity index (χ0v) is 15.1. The van der Waals surface area contributed by atoms with Gasteiger partial charge in [0.2, 0.25) is 0 Å². The smallest absolute Gasteiger partial charge is 0.128 e. The van der Waals surface area contributed by atoms with E-state index in [0.717, 1.165) is 58.8 Å². The normalized spacial score (nSPS) is 15.8. The molecule has 122 valence electrons. The Morgan fingerprint density at radius 3 is 2.54 bits per heavy atom. The molecule has 0 N–H and O–H groups in total. The number of nitrogens with zero attached hydrogens (tertiary/aromatic N) is 5. The summed E-state index contributed by atoms with van der Waals surface area (Å²) in [7, 11) is 2.16. The Morgan fingerprint density at radius 2 is 1.79 bits per heavy atom. The molecular weight excluding hydrogens is 366 g/mol. The molecule has 1 saturated heterocycles. The average molecular weight is 384 g/mol. The van der Waals surface area contributed by atoms with Crippen molar-refractivity contribution in [2.45, 2.75) is 0 Å². The zero-order chi connectivity index (χ0) is 16.5. The molecule has 0 atom stereocenters. The standard InChI is InChI=1S/C18H18BrN5/c1-23-7-9-24(10-8-23)17-6-5-13(11-21-17)16-12-20-15-4-2-3-14(19)18(15)22-16/h2-6,11-12H,7-10H2,1H3. The molecular formula is C18H18BrN5. The minimum Gasteiger partial charge on any atom is -0.354 e. The van der Waals surface area contributed by atoms with Crippen LogP contribution in [0.15, 0.2) is 47.2 Å². The summed E-state index contributed by atoms with van der Waals surface area (Å²) in [4.78, 5) is 18.5. The van der Waals surface area contributed by atoms with Gasteiger partial charge in [0.15, 0.2) is 0 Å². The van der Waals surface area contributed by atoms with Gasteiger partial charge in [-0.2, -0.15) is 0 Å². The zero-order valence-electron chi connectivity index (χ0n) is 13.5. The van der Waals surface area contributed by atoms with Gasteiger partial charge in [-0.05, 0) is 47.2 Å². The van der Waals surface area contributed by atoms with E-state index in [1.807, 2.05) is 24.4 Å². The van der Waals surface area contributed by atoms with Crippen LogP contribution in [0.4, 0.5) is 5.82 Å². The number of pyridine rings is 1. The Hall–Kier alpha value is -2.05. The Kier molecular flexibility index (Phi) is 4.16. The fourth-order valence-electron chi connectivity index (χ4n) is 2.90. The van der Waals surface area contributed by atoms with Crippen LogP contribution in [0.25, 0.3) is 22.3 Å². The number of hydrogen-bond donors (Lipinski definition) is 0. The maximum atomic E-state index is 4.73. The quantitative estimate of drug-likeness (QED) is 0.679. The summed E-state index contributed by atoms with van der Waals surface area (Å²) >= 11 is 3.54. The topological polar surface area (TPSA) is 45.2 Å². The third-order valence-corrected chi connectivity index (χ3v) is 5.03. The largest absolute Gasteiger partial charge is 0.354 e. The minimum absolute atomic E-state index is 0.840. The third kappa shape index (κ3) is 2.99. The van der Waals surface area contributed by atoms with E-state index in [1.165, 1.54) is 0 Å². The highest BCUT2D eigenvalue weighted by Crippen LogP contribution is 2.25. The summed E-state index contributed by atoms with van der Waals surface area (Å²) in [6.45, 7) is 4.19. The van der Waals surface area contributed by atoms with Crippen molar-refractivity contribution in [3.8, 4) is 11.3 Å². The fraction of sp³-hybridized carbons (Fsp3) is 0.278. The molecule has 3 aromatic rings. The van der Waals surface area contributed by atoms with Gasteiger partial charge in [0.1, 0.15) is 11.3 Å².